The summed E-state index contributed by atoms with van der Waals surface area (Å²) < 4.78 is 14.7. The molecule has 6 heteroatoms. The fourth-order valence-electron chi connectivity index (χ4n) is 2.94. The maximum Gasteiger partial charge on any atom is 0.337 e. The van der Waals surface area contributed by atoms with E-state index in [4.69, 9.17) is 4.84 Å². The number of hydroxylamine groups is 1. The second-order valence-electron chi connectivity index (χ2n) is 7.65. The van der Waals surface area contributed by atoms with Gasteiger partial charge in [-0.1, -0.05) is 12.1 Å². The Labute approximate surface area is 152 Å². The Bertz CT molecular complexity index is 895. The molecule has 3 rings (SSSR count). The average molecular weight is 358 g/mol. The first-order valence-electron chi connectivity index (χ1n) is 8.63. The van der Waals surface area contributed by atoms with Crippen LogP contribution in [0.25, 0.3) is 0 Å². The predicted octanol–water partition coefficient (Wildman–Crippen LogP) is 2.98. The van der Waals surface area contributed by atoms with Gasteiger partial charge in [-0.25, -0.2) is 14.2 Å². The summed E-state index contributed by atoms with van der Waals surface area (Å²) in [5.74, 6) is -0.629. The Morgan fingerprint density at radius 3 is 2.50 bits per heavy atom. The van der Waals surface area contributed by atoms with Crippen LogP contribution in [-0.4, -0.2) is 17.1 Å². The van der Waals surface area contributed by atoms with Gasteiger partial charge in [0.05, 0.1) is 17.6 Å². The third-order valence-electron chi connectivity index (χ3n) is 4.52. The lowest BCUT2D eigenvalue weighted by Gasteiger charge is -2.24. The largest absolute Gasteiger partial charge is 0.340 e. The zero-order valence-corrected chi connectivity index (χ0v) is 15.5. The van der Waals surface area contributed by atoms with Crippen LogP contribution in [-0.2, 0) is 29.5 Å². The van der Waals surface area contributed by atoms with Gasteiger partial charge in [0.2, 0.25) is 0 Å². The lowest BCUT2D eigenvalue weighted by atomic mass is 9.98. The van der Waals surface area contributed by atoms with Gasteiger partial charge in [0.1, 0.15) is 5.82 Å². The lowest BCUT2D eigenvalue weighted by molar-refractivity contribution is -0.154. The molecule has 5 nitrogen and oxygen atoms in total. The maximum atomic E-state index is 13.1. The summed E-state index contributed by atoms with van der Waals surface area (Å²) in [6, 6.07) is 7.87. The molecule has 0 radical (unpaired) electrons. The second-order valence-corrected chi connectivity index (χ2v) is 7.65. The minimum Gasteiger partial charge on any atom is -0.340 e. The summed E-state index contributed by atoms with van der Waals surface area (Å²) in [6.45, 7) is 5.91. The van der Waals surface area contributed by atoms with E-state index in [1.165, 1.54) is 12.1 Å². The van der Waals surface area contributed by atoms with Crippen LogP contribution >= 0.6 is 0 Å². The number of carbonyl (C=O) groups excluding carboxylic acids is 1. The molecule has 138 valence electrons. The number of pyridine rings is 1. The average Bonchev–Trinajstić information content (AvgIpc) is 2.96. The van der Waals surface area contributed by atoms with Crippen molar-refractivity contribution in [3.8, 4) is 0 Å². The van der Waals surface area contributed by atoms with Crippen LogP contribution in [0.15, 0.2) is 35.1 Å². The van der Waals surface area contributed by atoms with Crippen molar-refractivity contribution in [3.63, 3.8) is 0 Å². The number of carbonyl (C=O) groups is 1. The first-order chi connectivity index (χ1) is 12.2. The number of nitrogens with zero attached hydrogens (tertiary/aromatic N) is 2. The molecule has 0 amide bonds. The van der Waals surface area contributed by atoms with Crippen LogP contribution < -0.4 is 10.6 Å². The fourth-order valence-corrected chi connectivity index (χ4v) is 2.94. The Morgan fingerprint density at radius 1 is 1.23 bits per heavy atom. The minimum atomic E-state index is -0.611. The highest BCUT2D eigenvalue weighted by atomic mass is 19.1. The number of hydrogen-bond acceptors (Lipinski definition) is 4. The zero-order chi connectivity index (χ0) is 19.1. The highest BCUT2D eigenvalue weighted by Gasteiger charge is 2.31. The van der Waals surface area contributed by atoms with Crippen LogP contribution in [0.2, 0.25) is 0 Å². The van der Waals surface area contributed by atoms with Gasteiger partial charge < -0.3 is 9.40 Å². The summed E-state index contributed by atoms with van der Waals surface area (Å²) in [7, 11) is 1.73. The van der Waals surface area contributed by atoms with Crippen molar-refractivity contribution in [1.29, 1.82) is 0 Å². The van der Waals surface area contributed by atoms with Gasteiger partial charge in [0.25, 0.3) is 5.56 Å². The Morgan fingerprint density at radius 2 is 1.88 bits per heavy atom. The summed E-state index contributed by atoms with van der Waals surface area (Å²) in [5, 5.41) is 1.57. The smallest absolute Gasteiger partial charge is 0.337 e. The van der Waals surface area contributed by atoms with Gasteiger partial charge >= 0.3 is 5.97 Å². The molecule has 0 bridgehead atoms. The molecular weight excluding hydrogens is 335 g/mol. The van der Waals surface area contributed by atoms with Crippen molar-refractivity contribution in [2.75, 3.05) is 11.6 Å². The first kappa shape index (κ1) is 18.2. The van der Waals surface area contributed by atoms with Gasteiger partial charge in [-0.15, -0.1) is 0 Å². The number of hydrogen-bond donors (Lipinski definition) is 0. The van der Waals surface area contributed by atoms with E-state index in [9.17, 15) is 14.0 Å². The number of halogens is 1. The monoisotopic (exact) mass is 358 g/mol. The minimum absolute atomic E-state index is 0.0860. The number of anilines is 1. The molecule has 0 saturated heterocycles. The molecule has 0 unspecified atom stereocenters. The van der Waals surface area contributed by atoms with Gasteiger partial charge in [0, 0.05) is 31.1 Å². The molecule has 0 aliphatic carbocycles. The van der Waals surface area contributed by atoms with E-state index < -0.39 is 5.41 Å². The summed E-state index contributed by atoms with van der Waals surface area (Å²) in [6.07, 6.45) is 1.02. The molecule has 1 aliphatic heterocycles. The summed E-state index contributed by atoms with van der Waals surface area (Å²) in [5.41, 5.74) is 2.31. The van der Waals surface area contributed by atoms with Crippen LogP contribution in [0.3, 0.4) is 0 Å². The van der Waals surface area contributed by atoms with Crippen molar-refractivity contribution in [1.82, 2.24) is 4.57 Å². The molecule has 2 heterocycles. The van der Waals surface area contributed by atoms with Gasteiger partial charge in [-0.05, 0) is 44.5 Å². The Hall–Kier alpha value is -2.63. The predicted molar refractivity (Wildman–Crippen MR) is 97.5 cm³/mol. The Balaban J connectivity index is 1.93. The van der Waals surface area contributed by atoms with Crippen molar-refractivity contribution in [2.45, 2.75) is 33.6 Å². The normalized spacial score (nSPS) is 13.7. The van der Waals surface area contributed by atoms with E-state index in [2.05, 4.69) is 0 Å². The van der Waals surface area contributed by atoms with Crippen LogP contribution in [0, 0.1) is 11.2 Å². The van der Waals surface area contributed by atoms with Crippen molar-refractivity contribution in [2.24, 2.45) is 12.5 Å². The highest BCUT2D eigenvalue weighted by molar-refractivity contribution is 5.77. The second kappa shape index (κ2) is 6.59. The summed E-state index contributed by atoms with van der Waals surface area (Å²) >= 11 is 0. The van der Waals surface area contributed by atoms with Crippen LogP contribution in [0.1, 0.15) is 37.6 Å². The zero-order valence-electron chi connectivity index (χ0n) is 15.5. The summed E-state index contributed by atoms with van der Waals surface area (Å²) in [4.78, 5) is 30.4. The molecule has 1 aromatic heterocycles. The third-order valence-corrected chi connectivity index (χ3v) is 4.52. The first-order valence-corrected chi connectivity index (χ1v) is 8.63. The van der Waals surface area contributed by atoms with Crippen molar-refractivity contribution >= 4 is 11.7 Å². The molecule has 0 atom stereocenters. The molecule has 1 aromatic carbocycles. The number of aromatic nitrogens is 1. The molecule has 0 N–H and O–H groups in total. The molecule has 1 aliphatic rings. The maximum absolute atomic E-state index is 13.1. The molecule has 26 heavy (non-hydrogen) atoms. The van der Waals surface area contributed by atoms with E-state index >= 15 is 0 Å². The van der Waals surface area contributed by atoms with E-state index in [-0.39, 0.29) is 17.3 Å². The van der Waals surface area contributed by atoms with Gasteiger partial charge in [-0.2, -0.15) is 0 Å². The van der Waals surface area contributed by atoms with Crippen molar-refractivity contribution < 1.29 is 14.0 Å². The van der Waals surface area contributed by atoms with E-state index in [1.54, 1.807) is 55.6 Å². The number of fused-ring (bicyclic) bond motifs is 1. The number of benzene rings is 1. The van der Waals surface area contributed by atoms with Crippen LogP contribution in [0.5, 0.6) is 0 Å². The lowest BCUT2D eigenvalue weighted by Crippen LogP contribution is -2.33. The SMILES string of the molecule is Cn1c2c(cc(Cc3ccc(F)cc3)c1=O)N(OC(=O)C(C)(C)C)CC2. The third kappa shape index (κ3) is 3.49. The fraction of sp³-hybridized carbons (Fsp3) is 0.400. The topological polar surface area (TPSA) is 51.5 Å². The van der Waals surface area contributed by atoms with E-state index in [0.29, 0.717) is 24.9 Å². The highest BCUT2D eigenvalue weighted by Crippen LogP contribution is 2.29. The number of rotatable bonds is 3. The molecule has 0 spiro atoms. The van der Waals surface area contributed by atoms with E-state index in [0.717, 1.165) is 16.9 Å². The van der Waals surface area contributed by atoms with E-state index in [1.807, 2.05) is 0 Å². The molecule has 2 aromatic rings. The van der Waals surface area contributed by atoms with Crippen molar-refractivity contribution in [3.05, 3.63) is 63.3 Å². The van der Waals surface area contributed by atoms with Crippen LogP contribution in [0.4, 0.5) is 10.1 Å². The quantitative estimate of drug-likeness (QED) is 0.846. The molecule has 0 fully saturated rings. The Kier molecular flexibility index (Phi) is 4.61. The molecule has 0 saturated carbocycles. The standard InChI is InChI=1S/C20H23FN2O3/c1-20(2,3)19(25)26-23-10-9-16-17(23)12-14(18(24)22(16)4)11-13-5-7-15(21)8-6-13/h5-8,12H,9-11H2,1-4H3. The molecular formula is C20H23FN2O3. The van der Waals surface area contributed by atoms with Gasteiger partial charge in [-0.3, -0.25) is 4.79 Å². The van der Waals surface area contributed by atoms with Gasteiger partial charge in [0.15, 0.2) is 0 Å².